The monoisotopic (exact) mass is 217 g/mol. The van der Waals surface area contributed by atoms with E-state index in [9.17, 15) is 0 Å². The van der Waals surface area contributed by atoms with Gasteiger partial charge < -0.3 is 5.73 Å². The molecular formula is C11H11N3S. The number of nitrogens with two attached hydrogens (primary N) is 1. The van der Waals surface area contributed by atoms with E-state index in [-0.39, 0.29) is 5.25 Å². The molecule has 2 rings (SSSR count). The van der Waals surface area contributed by atoms with E-state index in [4.69, 9.17) is 5.73 Å². The lowest BCUT2D eigenvalue weighted by Gasteiger charge is -2.09. The average molecular weight is 217 g/mol. The Bertz CT molecular complexity index is 445. The summed E-state index contributed by atoms with van der Waals surface area (Å²) in [6, 6.07) is 11.5. The fraction of sp³-hybridized carbons (Fsp3) is 0.0909. The normalized spacial score (nSPS) is 12.3. The van der Waals surface area contributed by atoms with Crippen LogP contribution in [0, 0.1) is 0 Å². The molecule has 0 aliphatic carbocycles. The highest BCUT2D eigenvalue weighted by atomic mass is 32.1. The molecule has 0 radical (unpaired) electrons. The molecule has 1 atom stereocenters. The Morgan fingerprint density at radius 2 is 1.87 bits per heavy atom. The van der Waals surface area contributed by atoms with Crippen molar-refractivity contribution in [3.8, 4) is 0 Å². The van der Waals surface area contributed by atoms with Crippen LogP contribution in [0.4, 0.5) is 5.82 Å². The first-order valence-electron chi connectivity index (χ1n) is 4.59. The lowest BCUT2D eigenvalue weighted by atomic mass is 10.1. The van der Waals surface area contributed by atoms with Crippen molar-refractivity contribution >= 4 is 18.4 Å². The molecule has 15 heavy (non-hydrogen) atoms. The Labute approximate surface area is 93.8 Å². The lowest BCUT2D eigenvalue weighted by molar-refractivity contribution is 0.961. The molecule has 0 saturated carbocycles. The minimum absolute atomic E-state index is 0.130. The molecular weight excluding hydrogens is 206 g/mol. The molecule has 0 fully saturated rings. The van der Waals surface area contributed by atoms with Gasteiger partial charge in [-0.05, 0) is 11.6 Å². The zero-order chi connectivity index (χ0) is 10.7. The van der Waals surface area contributed by atoms with Crippen LogP contribution < -0.4 is 5.73 Å². The van der Waals surface area contributed by atoms with Gasteiger partial charge in [-0.2, -0.15) is 12.6 Å². The van der Waals surface area contributed by atoms with Crippen molar-refractivity contribution in [2.75, 3.05) is 5.73 Å². The maximum atomic E-state index is 5.59. The van der Waals surface area contributed by atoms with Crippen LogP contribution in [-0.2, 0) is 0 Å². The number of benzene rings is 1. The van der Waals surface area contributed by atoms with Gasteiger partial charge in [-0.1, -0.05) is 30.3 Å². The number of hydrogen-bond acceptors (Lipinski definition) is 4. The molecule has 2 aromatic rings. The van der Waals surface area contributed by atoms with Crippen molar-refractivity contribution in [1.29, 1.82) is 0 Å². The van der Waals surface area contributed by atoms with Gasteiger partial charge in [0.25, 0.3) is 0 Å². The third-order valence-corrected chi connectivity index (χ3v) is 2.58. The van der Waals surface area contributed by atoms with E-state index in [0.29, 0.717) is 11.6 Å². The first-order chi connectivity index (χ1) is 7.27. The minimum Gasteiger partial charge on any atom is -0.384 e. The van der Waals surface area contributed by atoms with Gasteiger partial charge in [0.05, 0.1) is 5.25 Å². The number of rotatable bonds is 2. The first kappa shape index (κ1) is 9.98. The van der Waals surface area contributed by atoms with E-state index in [1.54, 1.807) is 12.3 Å². The highest BCUT2D eigenvalue weighted by Gasteiger charge is 2.11. The van der Waals surface area contributed by atoms with Crippen LogP contribution in [0.3, 0.4) is 0 Å². The van der Waals surface area contributed by atoms with Gasteiger partial charge in [-0.25, -0.2) is 9.97 Å². The Morgan fingerprint density at radius 1 is 1.13 bits per heavy atom. The van der Waals surface area contributed by atoms with Crippen molar-refractivity contribution in [3.05, 3.63) is 54.0 Å². The molecule has 1 heterocycles. The van der Waals surface area contributed by atoms with Crippen molar-refractivity contribution in [2.45, 2.75) is 5.25 Å². The fourth-order valence-electron chi connectivity index (χ4n) is 1.30. The van der Waals surface area contributed by atoms with Crippen molar-refractivity contribution < 1.29 is 0 Å². The third-order valence-electron chi connectivity index (χ3n) is 2.06. The second-order valence-electron chi connectivity index (χ2n) is 3.15. The second-order valence-corrected chi connectivity index (χ2v) is 3.67. The Hall–Kier alpha value is -1.55. The van der Waals surface area contributed by atoms with E-state index in [0.717, 1.165) is 5.56 Å². The molecule has 3 nitrogen and oxygen atoms in total. The molecule has 1 aromatic heterocycles. The minimum atomic E-state index is -0.130. The molecule has 4 heteroatoms. The van der Waals surface area contributed by atoms with Gasteiger partial charge in [0.1, 0.15) is 11.6 Å². The summed E-state index contributed by atoms with van der Waals surface area (Å²) < 4.78 is 0. The average Bonchev–Trinajstić information content (AvgIpc) is 2.29. The molecule has 0 bridgehead atoms. The van der Waals surface area contributed by atoms with Gasteiger partial charge in [-0.15, -0.1) is 0 Å². The quantitative estimate of drug-likeness (QED) is 0.757. The van der Waals surface area contributed by atoms with Crippen molar-refractivity contribution in [1.82, 2.24) is 9.97 Å². The smallest absolute Gasteiger partial charge is 0.147 e. The largest absolute Gasteiger partial charge is 0.384 e. The predicted octanol–water partition coefficient (Wildman–Crippen LogP) is 2.08. The van der Waals surface area contributed by atoms with Crippen LogP contribution in [0.25, 0.3) is 0 Å². The molecule has 0 spiro atoms. The van der Waals surface area contributed by atoms with Gasteiger partial charge >= 0.3 is 0 Å². The van der Waals surface area contributed by atoms with Crippen molar-refractivity contribution in [2.24, 2.45) is 0 Å². The third kappa shape index (κ3) is 2.27. The highest BCUT2D eigenvalue weighted by molar-refractivity contribution is 7.80. The number of hydrogen-bond donors (Lipinski definition) is 2. The summed E-state index contributed by atoms with van der Waals surface area (Å²) in [6.07, 6.45) is 1.64. The van der Waals surface area contributed by atoms with E-state index < -0.39 is 0 Å². The van der Waals surface area contributed by atoms with E-state index in [2.05, 4.69) is 22.6 Å². The molecule has 0 saturated heterocycles. The number of anilines is 1. The van der Waals surface area contributed by atoms with Gasteiger partial charge in [0.15, 0.2) is 0 Å². The molecule has 2 N–H and O–H groups in total. The van der Waals surface area contributed by atoms with Crippen LogP contribution in [0.1, 0.15) is 16.6 Å². The fourth-order valence-corrected chi connectivity index (χ4v) is 1.60. The topological polar surface area (TPSA) is 51.8 Å². The highest BCUT2D eigenvalue weighted by Crippen LogP contribution is 2.25. The summed E-state index contributed by atoms with van der Waals surface area (Å²) in [4.78, 5) is 8.29. The van der Waals surface area contributed by atoms with E-state index >= 15 is 0 Å². The standard InChI is InChI=1S/C11H11N3S/c12-9-6-7-13-11(14-9)10(15)8-4-2-1-3-5-8/h1-7,10,15H,(H2,12,13,14)/t10-/m1/s1. The summed E-state index contributed by atoms with van der Waals surface area (Å²) in [6.45, 7) is 0. The first-order valence-corrected chi connectivity index (χ1v) is 5.10. The summed E-state index contributed by atoms with van der Waals surface area (Å²) in [5, 5.41) is -0.130. The number of nitrogen functional groups attached to an aromatic ring is 1. The number of nitrogens with zero attached hydrogens (tertiary/aromatic N) is 2. The van der Waals surface area contributed by atoms with Crippen LogP contribution >= 0.6 is 12.6 Å². The molecule has 0 aliphatic heterocycles. The van der Waals surface area contributed by atoms with Crippen LogP contribution in [-0.4, -0.2) is 9.97 Å². The van der Waals surface area contributed by atoms with Crippen LogP contribution in [0.5, 0.6) is 0 Å². The van der Waals surface area contributed by atoms with Gasteiger partial charge in [0, 0.05) is 6.20 Å². The van der Waals surface area contributed by atoms with E-state index in [1.807, 2.05) is 30.3 Å². The molecule has 1 aromatic carbocycles. The number of aromatic nitrogens is 2. The Morgan fingerprint density at radius 3 is 2.53 bits per heavy atom. The Balaban J connectivity index is 2.32. The predicted molar refractivity (Wildman–Crippen MR) is 63.7 cm³/mol. The Kier molecular flexibility index (Phi) is 2.87. The maximum absolute atomic E-state index is 5.59. The summed E-state index contributed by atoms with van der Waals surface area (Å²) in [5.41, 5.74) is 6.65. The van der Waals surface area contributed by atoms with Crippen molar-refractivity contribution in [3.63, 3.8) is 0 Å². The summed E-state index contributed by atoms with van der Waals surface area (Å²) in [7, 11) is 0. The number of thiol groups is 1. The van der Waals surface area contributed by atoms with Gasteiger partial charge in [0.2, 0.25) is 0 Å². The molecule has 0 aliphatic rings. The zero-order valence-corrected chi connectivity index (χ0v) is 8.93. The maximum Gasteiger partial charge on any atom is 0.147 e. The van der Waals surface area contributed by atoms with Crippen LogP contribution in [0.2, 0.25) is 0 Å². The van der Waals surface area contributed by atoms with E-state index in [1.165, 1.54) is 0 Å². The summed E-state index contributed by atoms with van der Waals surface area (Å²) in [5.74, 6) is 1.10. The zero-order valence-electron chi connectivity index (χ0n) is 8.04. The summed E-state index contributed by atoms with van der Waals surface area (Å²) >= 11 is 4.48. The lowest BCUT2D eigenvalue weighted by Crippen LogP contribution is -2.02. The SMILES string of the molecule is Nc1ccnc([C@H](S)c2ccccc2)n1. The van der Waals surface area contributed by atoms with Gasteiger partial charge in [-0.3, -0.25) is 0 Å². The van der Waals surface area contributed by atoms with Crippen LogP contribution in [0.15, 0.2) is 42.6 Å². The molecule has 0 unspecified atom stereocenters. The molecule has 76 valence electrons. The second kappa shape index (κ2) is 4.31. The molecule has 0 amide bonds.